The van der Waals surface area contributed by atoms with E-state index in [0.29, 0.717) is 28.5 Å². The fourth-order valence-electron chi connectivity index (χ4n) is 3.95. The van der Waals surface area contributed by atoms with Crippen molar-refractivity contribution in [2.75, 3.05) is 27.5 Å². The van der Waals surface area contributed by atoms with E-state index in [4.69, 9.17) is 14.2 Å². The van der Waals surface area contributed by atoms with Crippen LogP contribution in [-0.2, 0) is 6.42 Å². The number of benzene rings is 1. The van der Waals surface area contributed by atoms with Crippen molar-refractivity contribution in [3.05, 3.63) is 39.1 Å². The first-order valence-corrected chi connectivity index (χ1v) is 10.8. The SMILES string of the molecule is COc1c2c(cc3c1[C@@H](CC(=O)c1ccc(C#CC(C)(C)O)s1)[NH+](C)CC3)OCO2. The van der Waals surface area contributed by atoms with E-state index in [1.165, 1.54) is 16.2 Å². The van der Waals surface area contributed by atoms with Crippen LogP contribution in [0.3, 0.4) is 0 Å². The number of methoxy groups -OCH3 is 1. The van der Waals surface area contributed by atoms with Crippen LogP contribution in [-0.4, -0.2) is 44.0 Å². The van der Waals surface area contributed by atoms with E-state index in [9.17, 15) is 9.90 Å². The molecule has 0 fully saturated rings. The number of nitrogens with one attached hydrogen (secondary N) is 1. The maximum Gasteiger partial charge on any atom is 0.231 e. The predicted octanol–water partition coefficient (Wildman–Crippen LogP) is 1.99. The predicted molar refractivity (Wildman–Crippen MR) is 114 cm³/mol. The van der Waals surface area contributed by atoms with Crippen molar-refractivity contribution in [2.24, 2.45) is 0 Å². The molecule has 0 saturated carbocycles. The van der Waals surface area contributed by atoms with Crippen molar-refractivity contribution < 1.29 is 29.0 Å². The zero-order valence-corrected chi connectivity index (χ0v) is 18.4. The Kier molecular flexibility index (Phi) is 5.49. The molecular formula is C23H26NO5S+. The van der Waals surface area contributed by atoms with Crippen LogP contribution in [0, 0.1) is 11.8 Å². The monoisotopic (exact) mass is 428 g/mol. The smallest absolute Gasteiger partial charge is 0.231 e. The number of likely N-dealkylation sites (N-methyl/N-ethyl adjacent to an activating group) is 1. The van der Waals surface area contributed by atoms with E-state index in [1.807, 2.05) is 18.2 Å². The highest BCUT2D eigenvalue weighted by molar-refractivity contribution is 7.14. The largest absolute Gasteiger partial charge is 0.492 e. The van der Waals surface area contributed by atoms with Gasteiger partial charge in [0.2, 0.25) is 12.5 Å². The molecule has 30 heavy (non-hydrogen) atoms. The Morgan fingerprint density at radius 3 is 2.93 bits per heavy atom. The highest BCUT2D eigenvalue weighted by Gasteiger charge is 2.37. The molecule has 2 atom stereocenters. The Labute approximate surface area is 180 Å². The van der Waals surface area contributed by atoms with Gasteiger partial charge in [-0.2, -0.15) is 0 Å². The molecule has 2 aliphatic rings. The number of quaternary nitrogens is 1. The van der Waals surface area contributed by atoms with E-state index < -0.39 is 5.60 Å². The van der Waals surface area contributed by atoms with Crippen molar-refractivity contribution in [1.82, 2.24) is 0 Å². The highest BCUT2D eigenvalue weighted by atomic mass is 32.1. The topological polar surface area (TPSA) is 69.4 Å². The standard InChI is InChI=1S/C23H25NO5S/c1-23(2,26)9-7-15-5-6-19(30-15)17(25)12-16-20-14(8-10-24(16)3)11-18-21(22(20)27-4)29-13-28-18/h5-6,11,16,26H,8,10,12-13H2,1-4H3/p+1/t16-/m1/s1. The fraction of sp³-hybridized carbons (Fsp3) is 0.435. The lowest BCUT2D eigenvalue weighted by Gasteiger charge is -2.32. The second kappa shape index (κ2) is 7.95. The molecule has 4 rings (SSSR count). The number of aliphatic hydroxyl groups is 1. The summed E-state index contributed by atoms with van der Waals surface area (Å²) < 4.78 is 16.9. The van der Waals surface area contributed by atoms with Crippen LogP contribution >= 0.6 is 11.3 Å². The van der Waals surface area contributed by atoms with Gasteiger partial charge in [0.05, 0.1) is 42.4 Å². The van der Waals surface area contributed by atoms with Gasteiger partial charge in [0, 0.05) is 6.42 Å². The second-order valence-corrected chi connectivity index (χ2v) is 9.30. The number of carbonyl (C=O) groups is 1. The third kappa shape index (κ3) is 4.04. The number of fused-ring (bicyclic) bond motifs is 2. The van der Waals surface area contributed by atoms with Crippen LogP contribution in [0.4, 0.5) is 0 Å². The number of ketones is 1. The fourth-order valence-corrected chi connectivity index (χ4v) is 4.76. The molecule has 1 aromatic carbocycles. The van der Waals surface area contributed by atoms with E-state index in [2.05, 4.69) is 18.9 Å². The number of hydrogen-bond donors (Lipinski definition) is 2. The first kappa shape index (κ1) is 20.7. The molecule has 7 heteroatoms. The molecule has 6 nitrogen and oxygen atoms in total. The molecular weight excluding hydrogens is 402 g/mol. The maximum absolute atomic E-state index is 13.1. The summed E-state index contributed by atoms with van der Waals surface area (Å²) in [5.74, 6) is 7.83. The summed E-state index contributed by atoms with van der Waals surface area (Å²) in [4.78, 5) is 15.8. The first-order chi connectivity index (χ1) is 14.3. The minimum absolute atomic E-state index is 0.0290. The Balaban J connectivity index is 1.62. The molecule has 2 aliphatic heterocycles. The Hall–Kier alpha value is -2.53. The van der Waals surface area contributed by atoms with Crippen molar-refractivity contribution >= 4 is 17.1 Å². The van der Waals surface area contributed by atoms with E-state index in [-0.39, 0.29) is 18.6 Å². The number of rotatable bonds is 4. The molecule has 0 aliphatic carbocycles. The summed E-state index contributed by atoms with van der Waals surface area (Å²) in [7, 11) is 3.74. The van der Waals surface area contributed by atoms with Gasteiger partial charge in [-0.3, -0.25) is 4.79 Å². The average Bonchev–Trinajstić information content (AvgIpc) is 3.35. The summed E-state index contributed by atoms with van der Waals surface area (Å²) in [5.41, 5.74) is 1.13. The lowest BCUT2D eigenvalue weighted by atomic mass is 9.88. The summed E-state index contributed by atoms with van der Waals surface area (Å²) in [5, 5.41) is 9.78. The highest BCUT2D eigenvalue weighted by Crippen LogP contribution is 2.48. The average molecular weight is 429 g/mol. The molecule has 0 radical (unpaired) electrons. The molecule has 0 spiro atoms. The van der Waals surface area contributed by atoms with Gasteiger partial charge in [0.25, 0.3) is 0 Å². The molecule has 158 valence electrons. The van der Waals surface area contributed by atoms with Gasteiger partial charge < -0.3 is 24.2 Å². The number of carbonyl (C=O) groups excluding carboxylic acids is 1. The quantitative estimate of drug-likeness (QED) is 0.576. The van der Waals surface area contributed by atoms with Gasteiger partial charge in [-0.25, -0.2) is 0 Å². The van der Waals surface area contributed by atoms with Crippen LogP contribution in [0.15, 0.2) is 18.2 Å². The Bertz CT molecular complexity index is 1040. The molecule has 3 heterocycles. The van der Waals surface area contributed by atoms with Gasteiger partial charge in [0.1, 0.15) is 11.6 Å². The molecule has 2 N–H and O–H groups in total. The van der Waals surface area contributed by atoms with Crippen molar-refractivity contribution in [1.29, 1.82) is 0 Å². The van der Waals surface area contributed by atoms with Crippen LogP contribution in [0.25, 0.3) is 0 Å². The maximum atomic E-state index is 13.1. The van der Waals surface area contributed by atoms with Crippen molar-refractivity contribution in [3.63, 3.8) is 0 Å². The van der Waals surface area contributed by atoms with Crippen LogP contribution in [0.2, 0.25) is 0 Å². The lowest BCUT2D eigenvalue weighted by molar-refractivity contribution is -0.913. The summed E-state index contributed by atoms with van der Waals surface area (Å²) >= 11 is 1.36. The van der Waals surface area contributed by atoms with Crippen LogP contribution in [0.5, 0.6) is 17.2 Å². The molecule has 2 aromatic rings. The van der Waals surface area contributed by atoms with Crippen molar-refractivity contribution in [2.45, 2.75) is 38.3 Å². The number of thiophene rings is 1. The number of ether oxygens (including phenoxy) is 3. The van der Waals surface area contributed by atoms with Gasteiger partial charge in [-0.05, 0) is 37.6 Å². The summed E-state index contributed by atoms with van der Waals surface area (Å²) in [6.07, 6.45) is 1.27. The third-order valence-corrected chi connectivity index (χ3v) is 6.48. The molecule has 0 amide bonds. The zero-order valence-electron chi connectivity index (χ0n) is 17.6. The van der Waals surface area contributed by atoms with Gasteiger partial charge in [-0.1, -0.05) is 11.8 Å². The lowest BCUT2D eigenvalue weighted by Crippen LogP contribution is -3.10. The van der Waals surface area contributed by atoms with Gasteiger partial charge >= 0.3 is 0 Å². The zero-order chi connectivity index (χ0) is 21.5. The third-order valence-electron chi connectivity index (χ3n) is 5.44. The van der Waals surface area contributed by atoms with Crippen molar-refractivity contribution in [3.8, 4) is 29.1 Å². The summed E-state index contributed by atoms with van der Waals surface area (Å²) in [6.45, 7) is 4.39. The van der Waals surface area contributed by atoms with E-state index in [0.717, 1.165) is 29.0 Å². The summed E-state index contributed by atoms with van der Waals surface area (Å²) in [6, 6.07) is 5.65. The van der Waals surface area contributed by atoms with E-state index in [1.54, 1.807) is 21.0 Å². The van der Waals surface area contributed by atoms with E-state index >= 15 is 0 Å². The number of Topliss-reactive ketones (excluding diaryl/α,β-unsaturated/α-hetero) is 1. The minimum Gasteiger partial charge on any atom is -0.492 e. The van der Waals surface area contributed by atoms with Gasteiger partial charge in [0.15, 0.2) is 17.3 Å². The number of hydrogen-bond acceptors (Lipinski definition) is 6. The molecule has 0 bridgehead atoms. The molecule has 0 saturated heterocycles. The normalized spacial score (nSPS) is 19.6. The van der Waals surface area contributed by atoms with Gasteiger partial charge in [-0.15, -0.1) is 11.3 Å². The first-order valence-electron chi connectivity index (χ1n) is 9.97. The Morgan fingerprint density at radius 1 is 1.40 bits per heavy atom. The van der Waals surface area contributed by atoms with Crippen LogP contribution < -0.4 is 19.1 Å². The minimum atomic E-state index is -1.06. The van der Waals surface area contributed by atoms with Crippen LogP contribution in [0.1, 0.15) is 52.0 Å². The second-order valence-electron chi connectivity index (χ2n) is 8.22. The molecule has 1 unspecified atom stereocenters. The molecule has 1 aromatic heterocycles. The Morgan fingerprint density at radius 2 is 2.20 bits per heavy atom.